The summed E-state index contributed by atoms with van der Waals surface area (Å²) in [5.41, 5.74) is 2.88. The number of benzene rings is 2. The molecule has 27 heavy (non-hydrogen) atoms. The predicted octanol–water partition coefficient (Wildman–Crippen LogP) is 3.25. The van der Waals surface area contributed by atoms with Crippen molar-refractivity contribution >= 4 is 16.6 Å². The highest BCUT2D eigenvalue weighted by atomic mass is 16.6. The van der Waals surface area contributed by atoms with Gasteiger partial charge in [-0.15, -0.1) is 0 Å². The fourth-order valence-corrected chi connectivity index (χ4v) is 3.04. The number of methoxy groups -OCH3 is 1. The Balaban J connectivity index is 1.53. The number of aromatic nitrogens is 4. The topological polar surface area (TPSA) is 88.0 Å². The second-order valence-corrected chi connectivity index (χ2v) is 6.16. The molecule has 8 nitrogen and oxygen atoms in total. The van der Waals surface area contributed by atoms with Gasteiger partial charge >= 0.3 is 0 Å². The van der Waals surface area contributed by atoms with Crippen molar-refractivity contribution in [2.75, 3.05) is 7.11 Å². The SMILES string of the molecule is COc1ccc(Cn2cc(Cn3ncc4c([N+](=O)[O-])cccc43)cn2)cc1. The minimum atomic E-state index is -0.388. The van der Waals surface area contributed by atoms with Crippen LogP contribution < -0.4 is 4.74 Å². The van der Waals surface area contributed by atoms with Gasteiger partial charge in [-0.05, 0) is 23.8 Å². The minimum Gasteiger partial charge on any atom is -0.497 e. The smallest absolute Gasteiger partial charge is 0.280 e. The zero-order valence-corrected chi connectivity index (χ0v) is 14.6. The van der Waals surface area contributed by atoms with E-state index in [2.05, 4.69) is 10.2 Å². The van der Waals surface area contributed by atoms with Crippen LogP contribution in [0.4, 0.5) is 5.69 Å². The van der Waals surface area contributed by atoms with Crippen LogP contribution in [-0.4, -0.2) is 31.6 Å². The average molecular weight is 363 g/mol. The van der Waals surface area contributed by atoms with Crippen LogP contribution in [0.25, 0.3) is 10.9 Å². The Morgan fingerprint density at radius 1 is 1.04 bits per heavy atom. The van der Waals surface area contributed by atoms with Crippen molar-refractivity contribution in [1.29, 1.82) is 0 Å². The molecular weight excluding hydrogens is 346 g/mol. The van der Waals surface area contributed by atoms with Crippen molar-refractivity contribution in [2.24, 2.45) is 0 Å². The normalized spacial score (nSPS) is 11.0. The first-order chi connectivity index (χ1) is 13.1. The summed E-state index contributed by atoms with van der Waals surface area (Å²) in [4.78, 5) is 10.8. The first-order valence-electron chi connectivity index (χ1n) is 8.37. The molecule has 0 aliphatic rings. The van der Waals surface area contributed by atoms with Crippen LogP contribution in [0.5, 0.6) is 5.75 Å². The molecule has 0 amide bonds. The fraction of sp³-hybridized carbons (Fsp3) is 0.158. The monoisotopic (exact) mass is 363 g/mol. The fourth-order valence-electron chi connectivity index (χ4n) is 3.04. The molecule has 0 spiro atoms. The summed E-state index contributed by atoms with van der Waals surface area (Å²) in [5, 5.41) is 20.4. The Hall–Kier alpha value is -3.68. The van der Waals surface area contributed by atoms with Gasteiger partial charge in [0, 0.05) is 17.8 Å². The van der Waals surface area contributed by atoms with Gasteiger partial charge in [0.05, 0.1) is 48.4 Å². The number of nitro benzene ring substituents is 1. The van der Waals surface area contributed by atoms with Gasteiger partial charge in [0.1, 0.15) is 5.75 Å². The number of fused-ring (bicyclic) bond motifs is 1. The minimum absolute atomic E-state index is 0.0638. The van der Waals surface area contributed by atoms with E-state index in [0.717, 1.165) is 22.4 Å². The van der Waals surface area contributed by atoms with Crippen LogP contribution in [-0.2, 0) is 13.1 Å². The molecule has 2 aromatic carbocycles. The van der Waals surface area contributed by atoms with Crippen LogP contribution in [0, 0.1) is 10.1 Å². The molecule has 2 heterocycles. The first kappa shape index (κ1) is 16.8. The van der Waals surface area contributed by atoms with E-state index in [-0.39, 0.29) is 10.6 Å². The Labute approximate surface area is 154 Å². The molecule has 0 fully saturated rings. The van der Waals surface area contributed by atoms with Crippen LogP contribution in [0.2, 0.25) is 0 Å². The quantitative estimate of drug-likeness (QED) is 0.388. The maximum absolute atomic E-state index is 11.1. The molecule has 0 aliphatic carbocycles. The average Bonchev–Trinajstić information content (AvgIpc) is 3.29. The maximum atomic E-state index is 11.1. The van der Waals surface area contributed by atoms with Gasteiger partial charge in [-0.1, -0.05) is 18.2 Å². The summed E-state index contributed by atoms with van der Waals surface area (Å²) < 4.78 is 8.77. The molecular formula is C19H17N5O3. The number of hydrogen-bond donors (Lipinski definition) is 0. The van der Waals surface area contributed by atoms with E-state index in [4.69, 9.17) is 4.74 Å². The second-order valence-electron chi connectivity index (χ2n) is 6.16. The first-order valence-corrected chi connectivity index (χ1v) is 8.37. The van der Waals surface area contributed by atoms with Crippen molar-refractivity contribution in [3.05, 3.63) is 82.3 Å². The van der Waals surface area contributed by atoms with Gasteiger partial charge in [0.2, 0.25) is 0 Å². The van der Waals surface area contributed by atoms with Gasteiger partial charge in [0.15, 0.2) is 0 Å². The van der Waals surface area contributed by atoms with Gasteiger partial charge in [-0.25, -0.2) is 0 Å². The molecule has 0 saturated heterocycles. The number of nitro groups is 1. The highest BCUT2D eigenvalue weighted by Crippen LogP contribution is 2.25. The molecule has 0 N–H and O–H groups in total. The summed E-state index contributed by atoms with van der Waals surface area (Å²) in [6.07, 6.45) is 5.28. The van der Waals surface area contributed by atoms with Gasteiger partial charge < -0.3 is 4.74 Å². The van der Waals surface area contributed by atoms with E-state index in [0.29, 0.717) is 18.5 Å². The highest BCUT2D eigenvalue weighted by Gasteiger charge is 2.15. The van der Waals surface area contributed by atoms with Crippen molar-refractivity contribution in [1.82, 2.24) is 19.6 Å². The lowest BCUT2D eigenvalue weighted by molar-refractivity contribution is -0.383. The Kier molecular flexibility index (Phi) is 4.29. The third-order valence-electron chi connectivity index (χ3n) is 4.38. The van der Waals surface area contributed by atoms with Gasteiger partial charge in [-0.3, -0.25) is 19.5 Å². The van der Waals surface area contributed by atoms with Crippen molar-refractivity contribution in [2.45, 2.75) is 13.1 Å². The van der Waals surface area contributed by atoms with Crippen LogP contribution in [0.15, 0.2) is 61.1 Å². The summed E-state index contributed by atoms with van der Waals surface area (Å²) in [6, 6.07) is 12.8. The molecule has 0 atom stereocenters. The number of rotatable bonds is 6. The summed E-state index contributed by atoms with van der Waals surface area (Å²) in [6.45, 7) is 1.14. The third kappa shape index (κ3) is 3.37. The summed E-state index contributed by atoms with van der Waals surface area (Å²) in [5.74, 6) is 0.819. The van der Waals surface area contributed by atoms with E-state index in [1.807, 2.05) is 41.2 Å². The molecule has 0 aliphatic heterocycles. The van der Waals surface area contributed by atoms with Gasteiger partial charge in [-0.2, -0.15) is 10.2 Å². The Bertz CT molecular complexity index is 1100. The van der Waals surface area contributed by atoms with E-state index < -0.39 is 0 Å². The summed E-state index contributed by atoms with van der Waals surface area (Å²) >= 11 is 0. The molecule has 2 aromatic heterocycles. The van der Waals surface area contributed by atoms with Crippen LogP contribution in [0.1, 0.15) is 11.1 Å². The van der Waals surface area contributed by atoms with E-state index in [1.165, 1.54) is 12.3 Å². The number of hydrogen-bond acceptors (Lipinski definition) is 5. The Morgan fingerprint density at radius 2 is 1.85 bits per heavy atom. The predicted molar refractivity (Wildman–Crippen MR) is 99.8 cm³/mol. The number of non-ortho nitro benzene ring substituents is 1. The number of nitrogens with zero attached hydrogens (tertiary/aromatic N) is 5. The third-order valence-corrected chi connectivity index (χ3v) is 4.38. The largest absolute Gasteiger partial charge is 0.497 e. The maximum Gasteiger partial charge on any atom is 0.280 e. The molecule has 0 bridgehead atoms. The summed E-state index contributed by atoms with van der Waals surface area (Å²) in [7, 11) is 1.64. The molecule has 0 radical (unpaired) electrons. The number of ether oxygens (including phenoxy) is 1. The van der Waals surface area contributed by atoms with Crippen LogP contribution >= 0.6 is 0 Å². The molecule has 0 unspecified atom stereocenters. The van der Waals surface area contributed by atoms with Crippen molar-refractivity contribution in [3.8, 4) is 5.75 Å². The molecule has 8 heteroatoms. The lowest BCUT2D eigenvalue weighted by atomic mass is 10.2. The van der Waals surface area contributed by atoms with E-state index in [1.54, 1.807) is 24.1 Å². The standard InChI is InChI=1S/C19H17N5O3/c1-27-16-7-5-14(6-8-16)11-22-12-15(9-20-22)13-23-18-3-2-4-19(24(25)26)17(18)10-21-23/h2-10,12H,11,13H2,1H3. The zero-order chi connectivity index (χ0) is 18.8. The molecule has 136 valence electrons. The van der Waals surface area contributed by atoms with E-state index in [9.17, 15) is 10.1 Å². The van der Waals surface area contributed by atoms with Crippen molar-refractivity contribution in [3.63, 3.8) is 0 Å². The molecule has 0 saturated carbocycles. The molecule has 4 aromatic rings. The van der Waals surface area contributed by atoms with E-state index >= 15 is 0 Å². The zero-order valence-electron chi connectivity index (χ0n) is 14.6. The lowest BCUT2D eigenvalue weighted by Crippen LogP contribution is -2.02. The van der Waals surface area contributed by atoms with Crippen molar-refractivity contribution < 1.29 is 9.66 Å². The highest BCUT2D eigenvalue weighted by molar-refractivity contribution is 5.87. The Morgan fingerprint density at radius 3 is 2.59 bits per heavy atom. The molecule has 4 rings (SSSR count). The van der Waals surface area contributed by atoms with Crippen LogP contribution in [0.3, 0.4) is 0 Å². The lowest BCUT2D eigenvalue weighted by Gasteiger charge is -2.04. The second kappa shape index (κ2) is 6.91. The van der Waals surface area contributed by atoms with Gasteiger partial charge in [0.25, 0.3) is 5.69 Å².